The second kappa shape index (κ2) is 5.38. The van der Waals surface area contributed by atoms with Crippen molar-refractivity contribution in [2.24, 2.45) is 0 Å². The van der Waals surface area contributed by atoms with Crippen LogP contribution in [0.1, 0.15) is 5.56 Å². The highest BCUT2D eigenvalue weighted by Gasteiger charge is 2.13. The third kappa shape index (κ3) is 3.21. The van der Waals surface area contributed by atoms with Crippen LogP contribution in [0.25, 0.3) is 0 Å². The van der Waals surface area contributed by atoms with Crippen LogP contribution >= 0.6 is 0 Å². The second-order valence-electron chi connectivity index (χ2n) is 3.97. The van der Waals surface area contributed by atoms with Crippen LogP contribution in [0.3, 0.4) is 0 Å². The standard InChI is InChI=1S/C12H10FN3O3/c13-11-4-2-1-3-9(11)5-10(17)6-15-7-12(14-8-15)16(18)19/h1-4,7-8H,5-6H2. The van der Waals surface area contributed by atoms with Gasteiger partial charge in [0.05, 0.1) is 6.54 Å². The number of rotatable bonds is 5. The van der Waals surface area contributed by atoms with Gasteiger partial charge in [0.1, 0.15) is 12.0 Å². The monoisotopic (exact) mass is 263 g/mol. The lowest BCUT2D eigenvalue weighted by molar-refractivity contribution is -0.389. The molecule has 0 radical (unpaired) electrons. The number of aromatic nitrogens is 2. The van der Waals surface area contributed by atoms with Crippen LogP contribution < -0.4 is 0 Å². The molecule has 0 aliphatic carbocycles. The molecule has 0 fully saturated rings. The zero-order valence-corrected chi connectivity index (χ0v) is 9.82. The maximum Gasteiger partial charge on any atom is 0.381 e. The van der Waals surface area contributed by atoms with Crippen LogP contribution in [-0.4, -0.2) is 20.3 Å². The van der Waals surface area contributed by atoms with Crippen molar-refractivity contribution < 1.29 is 14.1 Å². The van der Waals surface area contributed by atoms with Crippen molar-refractivity contribution in [2.45, 2.75) is 13.0 Å². The van der Waals surface area contributed by atoms with Gasteiger partial charge in [0.15, 0.2) is 5.78 Å². The zero-order valence-electron chi connectivity index (χ0n) is 9.82. The van der Waals surface area contributed by atoms with Crippen LogP contribution in [0.4, 0.5) is 10.2 Å². The zero-order chi connectivity index (χ0) is 13.8. The molecule has 6 nitrogen and oxygen atoms in total. The minimum Gasteiger partial charge on any atom is -0.358 e. The van der Waals surface area contributed by atoms with Crippen LogP contribution in [0, 0.1) is 15.9 Å². The van der Waals surface area contributed by atoms with E-state index in [1.54, 1.807) is 12.1 Å². The van der Waals surface area contributed by atoms with Crippen molar-refractivity contribution in [2.75, 3.05) is 0 Å². The van der Waals surface area contributed by atoms with Gasteiger partial charge in [-0.1, -0.05) is 18.2 Å². The van der Waals surface area contributed by atoms with E-state index in [4.69, 9.17) is 0 Å². The Morgan fingerprint density at radius 1 is 1.42 bits per heavy atom. The topological polar surface area (TPSA) is 78.0 Å². The fourth-order valence-corrected chi connectivity index (χ4v) is 1.64. The SMILES string of the molecule is O=C(Cc1ccccc1F)Cn1cnc([N+](=O)[O-])c1. The summed E-state index contributed by atoms with van der Waals surface area (Å²) in [5, 5.41) is 10.4. The molecule has 0 bridgehead atoms. The van der Waals surface area contributed by atoms with Gasteiger partial charge >= 0.3 is 5.82 Å². The molecule has 19 heavy (non-hydrogen) atoms. The molecule has 0 aliphatic heterocycles. The lowest BCUT2D eigenvalue weighted by Crippen LogP contribution is -2.12. The number of nitrogens with zero attached hydrogens (tertiary/aromatic N) is 3. The molecule has 2 rings (SSSR count). The van der Waals surface area contributed by atoms with E-state index in [9.17, 15) is 19.3 Å². The van der Waals surface area contributed by atoms with E-state index < -0.39 is 10.7 Å². The molecular formula is C12H10FN3O3. The van der Waals surface area contributed by atoms with E-state index in [1.165, 1.54) is 29.2 Å². The highest BCUT2D eigenvalue weighted by atomic mass is 19.1. The minimum atomic E-state index is -0.641. The van der Waals surface area contributed by atoms with E-state index in [0.717, 1.165) is 0 Å². The van der Waals surface area contributed by atoms with Crippen molar-refractivity contribution in [3.8, 4) is 0 Å². The van der Waals surface area contributed by atoms with Gasteiger partial charge in [-0.25, -0.2) is 4.39 Å². The number of hydrogen-bond acceptors (Lipinski definition) is 4. The van der Waals surface area contributed by atoms with Crippen molar-refractivity contribution in [3.05, 3.63) is 58.3 Å². The number of benzene rings is 1. The van der Waals surface area contributed by atoms with Crippen LogP contribution in [0.5, 0.6) is 0 Å². The maximum atomic E-state index is 13.3. The fourth-order valence-electron chi connectivity index (χ4n) is 1.64. The summed E-state index contributed by atoms with van der Waals surface area (Å²) in [5.41, 5.74) is 0.308. The molecule has 0 aliphatic rings. The maximum absolute atomic E-state index is 13.3. The Hall–Kier alpha value is -2.57. The Morgan fingerprint density at radius 2 is 2.16 bits per heavy atom. The molecule has 0 saturated heterocycles. The van der Waals surface area contributed by atoms with Gasteiger partial charge in [0, 0.05) is 6.42 Å². The first kappa shape index (κ1) is 12.9. The van der Waals surface area contributed by atoms with Gasteiger partial charge in [-0.05, 0) is 21.5 Å². The molecular weight excluding hydrogens is 253 g/mol. The average Bonchev–Trinajstić information content (AvgIpc) is 2.80. The molecule has 7 heteroatoms. The molecule has 0 unspecified atom stereocenters. The third-order valence-electron chi connectivity index (χ3n) is 2.51. The molecule has 0 atom stereocenters. The minimum absolute atomic E-state index is 0.0569. The van der Waals surface area contributed by atoms with E-state index >= 15 is 0 Å². The van der Waals surface area contributed by atoms with Crippen molar-refractivity contribution in [1.82, 2.24) is 9.55 Å². The summed E-state index contributed by atoms with van der Waals surface area (Å²) >= 11 is 0. The summed E-state index contributed by atoms with van der Waals surface area (Å²) in [6.45, 7) is -0.0742. The van der Waals surface area contributed by atoms with Crippen LogP contribution in [-0.2, 0) is 17.8 Å². The highest BCUT2D eigenvalue weighted by molar-refractivity contribution is 5.80. The Bertz CT molecular complexity index is 624. The van der Waals surface area contributed by atoms with Crippen molar-refractivity contribution in [1.29, 1.82) is 0 Å². The normalized spacial score (nSPS) is 10.4. The summed E-state index contributed by atoms with van der Waals surface area (Å²) in [6.07, 6.45) is 2.31. The molecule has 2 aromatic rings. The van der Waals surface area contributed by atoms with E-state index in [1.807, 2.05) is 0 Å². The fraction of sp³-hybridized carbons (Fsp3) is 0.167. The summed E-state index contributed by atoms with van der Waals surface area (Å²) < 4.78 is 14.6. The lowest BCUT2D eigenvalue weighted by Gasteiger charge is -2.02. The largest absolute Gasteiger partial charge is 0.381 e. The first-order valence-corrected chi connectivity index (χ1v) is 5.47. The van der Waals surface area contributed by atoms with E-state index in [0.29, 0.717) is 5.56 Å². The summed E-state index contributed by atoms with van der Waals surface area (Å²) in [7, 11) is 0. The Balaban J connectivity index is 2.01. The smallest absolute Gasteiger partial charge is 0.358 e. The highest BCUT2D eigenvalue weighted by Crippen LogP contribution is 2.09. The number of ketones is 1. The third-order valence-corrected chi connectivity index (χ3v) is 2.51. The Kier molecular flexibility index (Phi) is 3.65. The van der Waals surface area contributed by atoms with E-state index in [2.05, 4.69) is 4.98 Å². The number of imidazole rings is 1. The van der Waals surface area contributed by atoms with Gasteiger partial charge in [-0.2, -0.15) is 0 Å². The number of Topliss-reactive ketones (excluding diaryl/α,β-unsaturated/α-hetero) is 1. The lowest BCUT2D eigenvalue weighted by atomic mass is 10.1. The first-order chi connectivity index (χ1) is 9.06. The number of carbonyl (C=O) groups excluding carboxylic acids is 1. The number of hydrogen-bond donors (Lipinski definition) is 0. The molecule has 0 saturated carbocycles. The van der Waals surface area contributed by atoms with Crippen molar-refractivity contribution >= 4 is 11.6 Å². The average molecular weight is 263 g/mol. The second-order valence-corrected chi connectivity index (χ2v) is 3.97. The van der Waals surface area contributed by atoms with Gasteiger partial charge < -0.3 is 14.7 Å². The summed E-state index contributed by atoms with van der Waals surface area (Å²) in [6, 6.07) is 6.00. The molecule has 0 amide bonds. The predicted molar refractivity (Wildman–Crippen MR) is 64.0 cm³/mol. The Labute approximate surface area is 107 Å². The molecule has 0 spiro atoms. The quantitative estimate of drug-likeness (QED) is 0.608. The first-order valence-electron chi connectivity index (χ1n) is 5.47. The van der Waals surface area contributed by atoms with Crippen LogP contribution in [0.2, 0.25) is 0 Å². The molecule has 1 heterocycles. The summed E-state index contributed by atoms with van der Waals surface area (Å²) in [4.78, 5) is 25.0. The molecule has 1 aromatic heterocycles. The van der Waals surface area contributed by atoms with Gasteiger partial charge in [0.25, 0.3) is 0 Å². The van der Waals surface area contributed by atoms with E-state index in [-0.39, 0.29) is 24.6 Å². The molecule has 1 aromatic carbocycles. The van der Waals surface area contributed by atoms with Gasteiger partial charge in [-0.15, -0.1) is 0 Å². The van der Waals surface area contributed by atoms with Crippen molar-refractivity contribution in [3.63, 3.8) is 0 Å². The number of nitro groups is 1. The van der Waals surface area contributed by atoms with Gasteiger partial charge in [-0.3, -0.25) is 4.79 Å². The molecule has 0 N–H and O–H groups in total. The summed E-state index contributed by atoms with van der Waals surface area (Å²) in [5.74, 6) is -1.01. The predicted octanol–water partition coefficient (Wildman–Crippen LogP) is 1.74. The number of carbonyl (C=O) groups is 1. The number of halogens is 1. The van der Waals surface area contributed by atoms with Gasteiger partial charge in [0.2, 0.25) is 6.33 Å². The van der Waals surface area contributed by atoms with Crippen LogP contribution in [0.15, 0.2) is 36.8 Å². The Morgan fingerprint density at radius 3 is 2.79 bits per heavy atom. The molecule has 98 valence electrons.